The minimum atomic E-state index is 0.525. The molecule has 0 radical (unpaired) electrons. The highest BCUT2D eigenvalue weighted by Gasteiger charge is 2.32. The zero-order valence-corrected chi connectivity index (χ0v) is 15.3. The van der Waals surface area contributed by atoms with Crippen molar-refractivity contribution in [3.8, 4) is 0 Å². The number of fused-ring (bicyclic) bond motifs is 1. The minimum Gasteiger partial charge on any atom is -0.352 e. The second-order valence-electron chi connectivity index (χ2n) is 7.66. The Morgan fingerprint density at radius 2 is 2.08 bits per heavy atom. The van der Waals surface area contributed by atoms with Gasteiger partial charge in [0.1, 0.15) is 5.82 Å². The first kappa shape index (κ1) is 15.7. The lowest BCUT2D eigenvalue weighted by Crippen LogP contribution is -2.58. The summed E-state index contributed by atoms with van der Waals surface area (Å²) in [5, 5.41) is 20.8. The van der Waals surface area contributed by atoms with E-state index in [2.05, 4.69) is 49.4 Å². The molecule has 0 spiro atoms. The summed E-state index contributed by atoms with van der Waals surface area (Å²) in [5.74, 6) is 2.56. The number of aryl methyl sites for hydroxylation is 1. The Hall–Kier alpha value is -2.48. The third kappa shape index (κ3) is 2.65. The number of hydrogen-bond acceptors (Lipinski definition) is 6. The van der Waals surface area contributed by atoms with Crippen molar-refractivity contribution in [2.24, 2.45) is 0 Å². The van der Waals surface area contributed by atoms with E-state index in [0.29, 0.717) is 12.0 Å². The lowest BCUT2D eigenvalue weighted by Gasteiger charge is -2.44. The average Bonchev–Trinajstić information content (AvgIpc) is 3.11. The number of likely N-dealkylation sites (N-methyl/N-ethyl adjacent to an activating group) is 1. The molecule has 1 saturated carbocycles. The van der Waals surface area contributed by atoms with Gasteiger partial charge < -0.3 is 4.90 Å². The highest BCUT2D eigenvalue weighted by atomic mass is 15.4. The molecule has 1 aliphatic heterocycles. The molecule has 4 heterocycles. The first-order valence-electron chi connectivity index (χ1n) is 9.36. The standard InChI is InChI=1S/C18H24N8/c1-12-8-14(20-19-12)9-24(2)15-10-25(11-15)17-7-6-16-21-22-18(26(16)23-17)13-4-3-5-13/h6-8,13,15H,3-5,9-11H2,1-2H3,(H,19,20). The highest BCUT2D eigenvalue weighted by Crippen LogP contribution is 2.35. The molecule has 0 aromatic carbocycles. The van der Waals surface area contributed by atoms with Crippen molar-refractivity contribution in [1.82, 2.24) is 34.9 Å². The van der Waals surface area contributed by atoms with E-state index < -0.39 is 0 Å². The molecular formula is C18H24N8. The van der Waals surface area contributed by atoms with Crippen LogP contribution < -0.4 is 4.90 Å². The number of H-pyrrole nitrogens is 1. The maximum atomic E-state index is 4.82. The number of nitrogens with zero attached hydrogens (tertiary/aromatic N) is 7. The molecule has 26 heavy (non-hydrogen) atoms. The van der Waals surface area contributed by atoms with E-state index >= 15 is 0 Å². The topological polar surface area (TPSA) is 78.2 Å². The summed E-state index contributed by atoms with van der Waals surface area (Å²) in [6.45, 7) is 4.87. The SMILES string of the molecule is Cc1cc(CN(C)C2CN(c3ccc4nnc(C5CCC5)n4n3)C2)n[nH]1. The first-order chi connectivity index (χ1) is 12.7. The first-order valence-corrected chi connectivity index (χ1v) is 9.36. The number of anilines is 1. The molecule has 136 valence electrons. The summed E-state index contributed by atoms with van der Waals surface area (Å²) in [6.07, 6.45) is 3.70. The van der Waals surface area contributed by atoms with Gasteiger partial charge in [-0.05, 0) is 45.0 Å². The molecule has 8 nitrogen and oxygen atoms in total. The van der Waals surface area contributed by atoms with Gasteiger partial charge in [0.25, 0.3) is 0 Å². The fourth-order valence-corrected chi connectivity index (χ4v) is 3.75. The van der Waals surface area contributed by atoms with Gasteiger partial charge in [0, 0.05) is 37.3 Å². The van der Waals surface area contributed by atoms with Gasteiger partial charge in [-0.15, -0.1) is 15.3 Å². The van der Waals surface area contributed by atoms with Crippen LogP contribution in [0.3, 0.4) is 0 Å². The predicted octanol–water partition coefficient (Wildman–Crippen LogP) is 1.74. The van der Waals surface area contributed by atoms with Crippen molar-refractivity contribution in [3.63, 3.8) is 0 Å². The van der Waals surface area contributed by atoms with Crippen LogP contribution in [-0.2, 0) is 6.54 Å². The van der Waals surface area contributed by atoms with Crippen molar-refractivity contribution in [2.45, 2.75) is 44.7 Å². The van der Waals surface area contributed by atoms with Crippen LogP contribution >= 0.6 is 0 Å². The van der Waals surface area contributed by atoms with Gasteiger partial charge in [0.15, 0.2) is 11.5 Å². The molecule has 1 aliphatic carbocycles. The Morgan fingerprint density at radius 1 is 1.23 bits per heavy atom. The highest BCUT2D eigenvalue weighted by molar-refractivity contribution is 5.48. The van der Waals surface area contributed by atoms with Gasteiger partial charge in [0.2, 0.25) is 0 Å². The molecule has 0 amide bonds. The smallest absolute Gasteiger partial charge is 0.178 e. The normalized spacial score (nSPS) is 18.5. The summed E-state index contributed by atoms with van der Waals surface area (Å²) in [6, 6.07) is 6.72. The Morgan fingerprint density at radius 3 is 2.77 bits per heavy atom. The average molecular weight is 352 g/mol. The Kier molecular flexibility index (Phi) is 3.66. The third-order valence-electron chi connectivity index (χ3n) is 5.72. The van der Waals surface area contributed by atoms with Gasteiger partial charge in [-0.25, -0.2) is 0 Å². The minimum absolute atomic E-state index is 0.525. The van der Waals surface area contributed by atoms with Crippen LogP contribution in [0.5, 0.6) is 0 Å². The van der Waals surface area contributed by atoms with E-state index in [1.165, 1.54) is 19.3 Å². The lowest BCUT2D eigenvalue weighted by molar-refractivity contribution is 0.194. The molecule has 0 bridgehead atoms. The maximum Gasteiger partial charge on any atom is 0.178 e. The van der Waals surface area contributed by atoms with Crippen LogP contribution in [0.4, 0.5) is 5.82 Å². The van der Waals surface area contributed by atoms with Crippen LogP contribution in [0.25, 0.3) is 5.65 Å². The maximum absolute atomic E-state index is 4.82. The summed E-state index contributed by atoms with van der Waals surface area (Å²) in [5.41, 5.74) is 3.05. The molecule has 0 atom stereocenters. The predicted molar refractivity (Wildman–Crippen MR) is 98.2 cm³/mol. The molecule has 3 aromatic heterocycles. The molecule has 2 aliphatic rings. The molecule has 1 N–H and O–H groups in total. The summed E-state index contributed by atoms with van der Waals surface area (Å²) < 4.78 is 1.95. The van der Waals surface area contributed by atoms with E-state index in [1.807, 2.05) is 17.5 Å². The monoisotopic (exact) mass is 352 g/mol. The van der Waals surface area contributed by atoms with Crippen LogP contribution in [-0.4, -0.2) is 61.1 Å². The Bertz CT molecular complexity index is 918. The van der Waals surface area contributed by atoms with Crippen molar-refractivity contribution in [2.75, 3.05) is 25.0 Å². The van der Waals surface area contributed by atoms with Gasteiger partial charge in [-0.3, -0.25) is 10.00 Å². The van der Waals surface area contributed by atoms with Crippen LogP contribution in [0, 0.1) is 6.92 Å². The third-order valence-corrected chi connectivity index (χ3v) is 5.72. The van der Waals surface area contributed by atoms with E-state index in [1.54, 1.807) is 0 Å². The number of aromatic amines is 1. The van der Waals surface area contributed by atoms with Crippen molar-refractivity contribution in [3.05, 3.63) is 35.4 Å². The molecule has 2 fully saturated rings. The quantitative estimate of drug-likeness (QED) is 0.754. The summed E-state index contributed by atoms with van der Waals surface area (Å²) >= 11 is 0. The molecule has 5 rings (SSSR count). The zero-order valence-electron chi connectivity index (χ0n) is 15.3. The molecule has 1 saturated heterocycles. The zero-order chi connectivity index (χ0) is 17.7. The largest absolute Gasteiger partial charge is 0.352 e. The number of rotatable bonds is 5. The van der Waals surface area contributed by atoms with Crippen molar-refractivity contribution < 1.29 is 0 Å². The molecule has 8 heteroatoms. The lowest BCUT2D eigenvalue weighted by atomic mass is 9.85. The second-order valence-corrected chi connectivity index (χ2v) is 7.66. The van der Waals surface area contributed by atoms with Gasteiger partial charge in [-0.1, -0.05) is 6.42 Å². The Labute approximate surface area is 152 Å². The van der Waals surface area contributed by atoms with E-state index in [-0.39, 0.29) is 0 Å². The number of hydrogen-bond donors (Lipinski definition) is 1. The van der Waals surface area contributed by atoms with Crippen molar-refractivity contribution >= 4 is 11.5 Å². The van der Waals surface area contributed by atoms with E-state index in [9.17, 15) is 0 Å². The fraction of sp³-hybridized carbons (Fsp3) is 0.556. The van der Waals surface area contributed by atoms with Gasteiger partial charge >= 0.3 is 0 Å². The van der Waals surface area contributed by atoms with E-state index in [0.717, 1.165) is 48.3 Å². The van der Waals surface area contributed by atoms with Crippen LogP contribution in [0.2, 0.25) is 0 Å². The van der Waals surface area contributed by atoms with Crippen LogP contribution in [0.1, 0.15) is 42.4 Å². The van der Waals surface area contributed by atoms with E-state index in [4.69, 9.17) is 5.10 Å². The summed E-state index contributed by atoms with van der Waals surface area (Å²) in [4.78, 5) is 4.68. The number of nitrogens with one attached hydrogen (secondary N) is 1. The number of aromatic nitrogens is 6. The van der Waals surface area contributed by atoms with Crippen LogP contribution in [0.15, 0.2) is 18.2 Å². The summed E-state index contributed by atoms with van der Waals surface area (Å²) in [7, 11) is 2.16. The van der Waals surface area contributed by atoms with Gasteiger partial charge in [-0.2, -0.15) is 9.61 Å². The molecule has 0 unspecified atom stereocenters. The van der Waals surface area contributed by atoms with Gasteiger partial charge in [0.05, 0.1) is 5.69 Å². The fourth-order valence-electron chi connectivity index (χ4n) is 3.75. The second kappa shape index (κ2) is 6.05. The van der Waals surface area contributed by atoms with Crippen molar-refractivity contribution in [1.29, 1.82) is 0 Å². The molecular weight excluding hydrogens is 328 g/mol. The molecule has 3 aromatic rings. The Balaban J connectivity index is 1.26.